The zero-order valence-corrected chi connectivity index (χ0v) is 13.0. The van der Waals surface area contributed by atoms with Gasteiger partial charge in [0.2, 0.25) is 5.82 Å². The van der Waals surface area contributed by atoms with Gasteiger partial charge in [-0.05, 0) is 12.1 Å². The molecule has 1 aliphatic heterocycles. The van der Waals surface area contributed by atoms with Gasteiger partial charge in [0.05, 0.1) is 25.2 Å². The molecule has 0 atom stereocenters. The number of aromatic nitrogens is 2. The fourth-order valence-electron chi connectivity index (χ4n) is 2.40. The van der Waals surface area contributed by atoms with Crippen LogP contribution >= 0.6 is 0 Å². The number of rotatable bonds is 5. The van der Waals surface area contributed by atoms with Crippen LogP contribution in [0.5, 0.6) is 17.4 Å². The van der Waals surface area contributed by atoms with Gasteiger partial charge in [0.1, 0.15) is 6.33 Å². The lowest BCUT2D eigenvalue weighted by molar-refractivity contribution is -0.385. The first-order chi connectivity index (χ1) is 11.7. The molecule has 0 N–H and O–H groups in total. The van der Waals surface area contributed by atoms with Gasteiger partial charge >= 0.3 is 11.6 Å². The maximum atomic E-state index is 11.6. The molecule has 0 spiro atoms. The van der Waals surface area contributed by atoms with Crippen molar-refractivity contribution in [2.24, 2.45) is 0 Å². The number of nitrogens with zero attached hydrogens (tertiary/aromatic N) is 4. The van der Waals surface area contributed by atoms with Crippen molar-refractivity contribution in [1.82, 2.24) is 9.97 Å². The van der Waals surface area contributed by atoms with Crippen molar-refractivity contribution in [3.63, 3.8) is 0 Å². The van der Waals surface area contributed by atoms with E-state index in [1.54, 1.807) is 29.2 Å². The topological polar surface area (TPSA) is 99.9 Å². The molecule has 0 amide bonds. The summed E-state index contributed by atoms with van der Waals surface area (Å²) in [5.41, 5.74) is -0.273. The highest BCUT2D eigenvalue weighted by Gasteiger charge is 2.30. The average Bonchev–Trinajstić information content (AvgIpc) is 2.62. The number of hydrogen-bond donors (Lipinski definition) is 0. The minimum absolute atomic E-state index is 0.124. The first-order valence-corrected chi connectivity index (χ1v) is 7.33. The maximum absolute atomic E-state index is 11.6. The summed E-state index contributed by atoms with van der Waals surface area (Å²) in [7, 11) is 1.50. The first-order valence-electron chi connectivity index (χ1n) is 7.33. The molecule has 0 radical (unpaired) electrons. The van der Waals surface area contributed by atoms with Crippen LogP contribution in [0.4, 0.5) is 11.5 Å². The van der Waals surface area contributed by atoms with Crippen molar-refractivity contribution in [2.75, 3.05) is 38.3 Å². The molecule has 1 aliphatic rings. The van der Waals surface area contributed by atoms with Gasteiger partial charge in [0, 0.05) is 13.1 Å². The molecule has 9 nitrogen and oxygen atoms in total. The van der Waals surface area contributed by atoms with Gasteiger partial charge in [0.25, 0.3) is 0 Å². The minimum atomic E-state index is -0.532. The molecule has 9 heteroatoms. The predicted octanol–water partition coefficient (Wildman–Crippen LogP) is 2.02. The highest BCUT2D eigenvalue weighted by Crippen LogP contribution is 2.38. The quantitative estimate of drug-likeness (QED) is 0.605. The van der Waals surface area contributed by atoms with Crippen molar-refractivity contribution in [1.29, 1.82) is 0 Å². The van der Waals surface area contributed by atoms with Crippen LogP contribution in [-0.2, 0) is 4.74 Å². The smallest absolute Gasteiger partial charge is 0.373 e. The van der Waals surface area contributed by atoms with Gasteiger partial charge in [-0.2, -0.15) is 4.98 Å². The van der Waals surface area contributed by atoms with E-state index in [0.29, 0.717) is 37.8 Å². The molecule has 2 heterocycles. The molecule has 1 aromatic carbocycles. The number of ether oxygens (including phenoxy) is 3. The van der Waals surface area contributed by atoms with E-state index < -0.39 is 4.92 Å². The number of para-hydroxylation sites is 2. The summed E-state index contributed by atoms with van der Waals surface area (Å²) >= 11 is 0. The van der Waals surface area contributed by atoms with E-state index in [2.05, 4.69) is 9.97 Å². The summed E-state index contributed by atoms with van der Waals surface area (Å²) in [6.07, 6.45) is 1.25. The van der Waals surface area contributed by atoms with Crippen LogP contribution in [0.15, 0.2) is 30.6 Å². The molecule has 3 rings (SSSR count). The van der Waals surface area contributed by atoms with Crippen LogP contribution in [0.3, 0.4) is 0 Å². The second kappa shape index (κ2) is 7.09. The Balaban J connectivity index is 1.99. The van der Waals surface area contributed by atoms with Gasteiger partial charge in [-0.3, -0.25) is 10.1 Å². The van der Waals surface area contributed by atoms with Crippen LogP contribution < -0.4 is 14.4 Å². The lowest BCUT2D eigenvalue weighted by Gasteiger charge is -2.27. The molecule has 2 aromatic rings. The predicted molar refractivity (Wildman–Crippen MR) is 84.8 cm³/mol. The maximum Gasteiger partial charge on any atom is 0.373 e. The lowest BCUT2D eigenvalue weighted by atomic mass is 10.3. The third kappa shape index (κ3) is 3.20. The Morgan fingerprint density at radius 1 is 1.21 bits per heavy atom. The summed E-state index contributed by atoms with van der Waals surface area (Å²) < 4.78 is 16.1. The van der Waals surface area contributed by atoms with Crippen molar-refractivity contribution >= 4 is 11.5 Å². The molecule has 1 aromatic heterocycles. The van der Waals surface area contributed by atoms with Crippen LogP contribution in [0.1, 0.15) is 0 Å². The third-order valence-electron chi connectivity index (χ3n) is 3.54. The summed E-state index contributed by atoms with van der Waals surface area (Å²) in [6.45, 7) is 2.02. The van der Waals surface area contributed by atoms with Gasteiger partial charge in [0.15, 0.2) is 11.5 Å². The molecule has 0 bridgehead atoms. The molecule has 0 saturated carbocycles. The Morgan fingerprint density at radius 2 is 1.92 bits per heavy atom. The standard InChI is InChI=1S/C15H16N4O5/c1-22-11-4-2-3-5-12(11)24-15-13(19(20)21)14(16-10-17-15)18-6-8-23-9-7-18/h2-5,10H,6-9H2,1H3. The normalized spacial score (nSPS) is 14.3. The van der Waals surface area contributed by atoms with E-state index in [1.807, 2.05) is 0 Å². The SMILES string of the molecule is COc1ccccc1Oc1ncnc(N2CCOCC2)c1[N+](=O)[O-]. The summed E-state index contributed by atoms with van der Waals surface area (Å²) in [4.78, 5) is 20.9. The molecule has 1 fully saturated rings. The molecule has 1 saturated heterocycles. The third-order valence-corrected chi connectivity index (χ3v) is 3.54. The lowest BCUT2D eigenvalue weighted by Crippen LogP contribution is -2.37. The van der Waals surface area contributed by atoms with Crippen molar-refractivity contribution in [3.8, 4) is 17.4 Å². The minimum Gasteiger partial charge on any atom is -0.493 e. The molecule has 0 aliphatic carbocycles. The van der Waals surface area contributed by atoms with Crippen molar-refractivity contribution in [3.05, 3.63) is 40.7 Å². The van der Waals surface area contributed by atoms with E-state index in [4.69, 9.17) is 14.2 Å². The number of morpholine rings is 1. The zero-order chi connectivity index (χ0) is 16.9. The van der Waals surface area contributed by atoms with Crippen LogP contribution in [0, 0.1) is 10.1 Å². The average molecular weight is 332 g/mol. The van der Waals surface area contributed by atoms with Gasteiger partial charge < -0.3 is 19.1 Å². The number of benzene rings is 1. The number of hydrogen-bond acceptors (Lipinski definition) is 8. The zero-order valence-electron chi connectivity index (χ0n) is 13.0. The van der Waals surface area contributed by atoms with Gasteiger partial charge in [-0.15, -0.1) is 0 Å². The Kier molecular flexibility index (Phi) is 4.71. The molecular weight excluding hydrogens is 316 g/mol. The number of anilines is 1. The molecule has 24 heavy (non-hydrogen) atoms. The Morgan fingerprint density at radius 3 is 2.58 bits per heavy atom. The van der Waals surface area contributed by atoms with Crippen LogP contribution in [0.2, 0.25) is 0 Å². The molecular formula is C15H16N4O5. The van der Waals surface area contributed by atoms with Crippen molar-refractivity contribution < 1.29 is 19.1 Å². The molecule has 0 unspecified atom stereocenters. The van der Waals surface area contributed by atoms with E-state index in [0.717, 1.165) is 0 Å². The second-order valence-electron chi connectivity index (χ2n) is 4.96. The van der Waals surface area contributed by atoms with Crippen molar-refractivity contribution in [2.45, 2.75) is 0 Å². The Hall–Kier alpha value is -2.94. The van der Waals surface area contributed by atoms with E-state index >= 15 is 0 Å². The summed E-state index contributed by atoms with van der Waals surface area (Å²) in [5, 5.41) is 11.6. The number of nitro groups is 1. The van der Waals surface area contributed by atoms with Gasteiger partial charge in [-0.25, -0.2) is 4.98 Å². The highest BCUT2D eigenvalue weighted by molar-refractivity contribution is 5.63. The van der Waals surface area contributed by atoms with Crippen LogP contribution in [-0.4, -0.2) is 48.3 Å². The summed E-state index contributed by atoms with van der Waals surface area (Å²) in [5.74, 6) is 0.900. The fourth-order valence-corrected chi connectivity index (χ4v) is 2.40. The van der Waals surface area contributed by atoms with E-state index in [9.17, 15) is 10.1 Å². The highest BCUT2D eigenvalue weighted by atomic mass is 16.6. The fraction of sp³-hybridized carbons (Fsp3) is 0.333. The molecule has 126 valence electrons. The Labute approximate surface area is 138 Å². The van der Waals surface area contributed by atoms with E-state index in [1.165, 1.54) is 13.4 Å². The van der Waals surface area contributed by atoms with E-state index in [-0.39, 0.29) is 17.4 Å². The van der Waals surface area contributed by atoms with Gasteiger partial charge in [-0.1, -0.05) is 12.1 Å². The second-order valence-corrected chi connectivity index (χ2v) is 4.96. The summed E-state index contributed by atoms with van der Waals surface area (Å²) in [6, 6.07) is 6.87. The monoisotopic (exact) mass is 332 g/mol. The van der Waals surface area contributed by atoms with Crippen LogP contribution in [0.25, 0.3) is 0 Å². The number of methoxy groups -OCH3 is 1. The first kappa shape index (κ1) is 15.9. The Bertz CT molecular complexity index is 734. The largest absolute Gasteiger partial charge is 0.493 e.